The number of nitrogens with one attached hydrogen (secondary N) is 2. The van der Waals surface area contributed by atoms with E-state index in [-0.39, 0.29) is 17.0 Å². The molecule has 0 saturated heterocycles. The Bertz CT molecular complexity index is 1030. The van der Waals surface area contributed by atoms with E-state index >= 15 is 0 Å². The molecule has 132 valence electrons. The van der Waals surface area contributed by atoms with Crippen LogP contribution < -0.4 is 10.9 Å². The van der Waals surface area contributed by atoms with E-state index in [1.54, 1.807) is 25.1 Å². The number of carbonyl (C=O) groups is 2. The molecule has 1 heterocycles. The maximum absolute atomic E-state index is 12.3. The zero-order chi connectivity index (χ0) is 18.8. The molecule has 3 aromatic rings. The van der Waals surface area contributed by atoms with E-state index < -0.39 is 16.7 Å². The van der Waals surface area contributed by atoms with Gasteiger partial charge in [0, 0.05) is 28.6 Å². The van der Waals surface area contributed by atoms with Crippen molar-refractivity contribution < 1.29 is 18.9 Å². The van der Waals surface area contributed by atoms with Gasteiger partial charge >= 0.3 is 5.91 Å². The highest BCUT2D eigenvalue weighted by Gasteiger charge is 2.19. The van der Waals surface area contributed by atoms with Crippen molar-refractivity contribution in [2.75, 3.05) is 0 Å². The van der Waals surface area contributed by atoms with Gasteiger partial charge in [-0.25, -0.2) is 0 Å². The molecule has 2 amide bonds. The number of carbonyl (C=O) groups excluding carboxylic acids is 2. The van der Waals surface area contributed by atoms with E-state index in [1.807, 2.05) is 0 Å². The fourth-order valence-electron chi connectivity index (χ4n) is 2.40. The lowest BCUT2D eigenvalue weighted by Crippen LogP contribution is -2.41. The largest absolute Gasteiger partial charge is 0.449 e. The molecular formula is C17H12ClN3O5. The standard InChI is InChI=1S/C17H12ClN3O5/c1-9-12-3-2-4-13(18)15(12)26-14(9)17(23)20-19-16(22)10-5-7-11(8-6-10)21(24)25/h2-8H,1H3,(H,19,22)(H,20,23). The Kier molecular flexibility index (Phi) is 4.59. The van der Waals surface area contributed by atoms with Gasteiger partial charge < -0.3 is 4.42 Å². The number of aryl methyl sites for hydroxylation is 1. The van der Waals surface area contributed by atoms with Crippen LogP contribution in [0.4, 0.5) is 5.69 Å². The second kappa shape index (κ2) is 6.85. The molecular weight excluding hydrogens is 362 g/mol. The molecule has 26 heavy (non-hydrogen) atoms. The van der Waals surface area contributed by atoms with E-state index in [1.165, 1.54) is 24.3 Å². The van der Waals surface area contributed by atoms with E-state index in [0.29, 0.717) is 21.6 Å². The SMILES string of the molecule is Cc1c(C(=O)NNC(=O)c2ccc([N+](=O)[O-])cc2)oc2c(Cl)cccc12. The minimum atomic E-state index is -0.648. The molecule has 0 aliphatic carbocycles. The van der Waals surface area contributed by atoms with Crippen molar-refractivity contribution in [1.29, 1.82) is 0 Å². The maximum atomic E-state index is 12.3. The van der Waals surface area contributed by atoms with Crippen LogP contribution in [0.2, 0.25) is 5.02 Å². The van der Waals surface area contributed by atoms with Crippen LogP contribution in [0.5, 0.6) is 0 Å². The van der Waals surface area contributed by atoms with Crippen molar-refractivity contribution in [2.45, 2.75) is 6.92 Å². The van der Waals surface area contributed by atoms with Crippen LogP contribution in [0.1, 0.15) is 26.5 Å². The lowest BCUT2D eigenvalue weighted by molar-refractivity contribution is -0.384. The van der Waals surface area contributed by atoms with Crippen molar-refractivity contribution in [3.05, 3.63) is 74.5 Å². The molecule has 2 N–H and O–H groups in total. The summed E-state index contributed by atoms with van der Waals surface area (Å²) < 4.78 is 5.50. The third-order valence-corrected chi connectivity index (χ3v) is 4.05. The number of hydrazine groups is 1. The van der Waals surface area contributed by atoms with Gasteiger partial charge in [0.25, 0.3) is 11.6 Å². The predicted molar refractivity (Wildman–Crippen MR) is 94.0 cm³/mol. The Hall–Kier alpha value is -3.39. The number of nitrogens with zero attached hydrogens (tertiary/aromatic N) is 1. The average Bonchev–Trinajstić information content (AvgIpc) is 2.98. The lowest BCUT2D eigenvalue weighted by Gasteiger charge is -2.06. The van der Waals surface area contributed by atoms with Gasteiger partial charge in [-0.15, -0.1) is 0 Å². The molecule has 0 radical (unpaired) electrons. The number of amides is 2. The first kappa shape index (κ1) is 17.4. The molecule has 0 spiro atoms. The predicted octanol–water partition coefficient (Wildman–Crippen LogP) is 3.38. The number of hydrogen-bond acceptors (Lipinski definition) is 5. The van der Waals surface area contributed by atoms with Gasteiger partial charge in [-0.3, -0.25) is 30.6 Å². The minimum absolute atomic E-state index is 0.0251. The summed E-state index contributed by atoms with van der Waals surface area (Å²) >= 11 is 6.05. The van der Waals surface area contributed by atoms with Gasteiger partial charge in [0.15, 0.2) is 11.3 Å². The summed E-state index contributed by atoms with van der Waals surface area (Å²) in [6.45, 7) is 1.70. The molecule has 8 nitrogen and oxygen atoms in total. The molecule has 1 aromatic heterocycles. The Morgan fingerprint density at radius 3 is 2.35 bits per heavy atom. The summed E-state index contributed by atoms with van der Waals surface area (Å²) in [5.41, 5.74) is 5.47. The second-order valence-electron chi connectivity index (χ2n) is 5.38. The number of rotatable bonds is 3. The van der Waals surface area contributed by atoms with Crippen molar-refractivity contribution in [3.8, 4) is 0 Å². The van der Waals surface area contributed by atoms with Gasteiger partial charge in [0.05, 0.1) is 9.95 Å². The maximum Gasteiger partial charge on any atom is 0.305 e. The van der Waals surface area contributed by atoms with Crippen LogP contribution in [-0.2, 0) is 0 Å². The first-order valence-corrected chi connectivity index (χ1v) is 7.79. The third kappa shape index (κ3) is 3.22. The number of fused-ring (bicyclic) bond motifs is 1. The van der Waals surface area contributed by atoms with E-state index in [0.717, 1.165) is 0 Å². The molecule has 0 aliphatic heterocycles. The van der Waals surface area contributed by atoms with Crippen LogP contribution in [0, 0.1) is 17.0 Å². The van der Waals surface area contributed by atoms with Crippen molar-refractivity contribution >= 4 is 40.1 Å². The molecule has 0 fully saturated rings. The number of benzene rings is 2. The van der Waals surface area contributed by atoms with Crippen LogP contribution >= 0.6 is 11.6 Å². The third-order valence-electron chi connectivity index (χ3n) is 3.75. The summed E-state index contributed by atoms with van der Waals surface area (Å²) in [5, 5.41) is 11.7. The van der Waals surface area contributed by atoms with Crippen LogP contribution in [0.15, 0.2) is 46.9 Å². The Morgan fingerprint density at radius 1 is 1.08 bits per heavy atom. The van der Waals surface area contributed by atoms with E-state index in [2.05, 4.69) is 10.9 Å². The fraction of sp³-hybridized carbons (Fsp3) is 0.0588. The number of halogens is 1. The summed E-state index contributed by atoms with van der Waals surface area (Å²) in [6.07, 6.45) is 0. The number of para-hydroxylation sites is 1. The molecule has 0 saturated carbocycles. The monoisotopic (exact) mass is 373 g/mol. The topological polar surface area (TPSA) is 114 Å². The molecule has 3 rings (SSSR count). The summed E-state index contributed by atoms with van der Waals surface area (Å²) in [7, 11) is 0. The summed E-state index contributed by atoms with van der Waals surface area (Å²) in [5.74, 6) is -1.25. The second-order valence-corrected chi connectivity index (χ2v) is 5.79. The van der Waals surface area contributed by atoms with Gasteiger partial charge in [-0.2, -0.15) is 0 Å². The molecule has 0 aliphatic rings. The Balaban J connectivity index is 1.72. The zero-order valence-corrected chi connectivity index (χ0v) is 14.2. The molecule has 2 aromatic carbocycles. The number of non-ortho nitro benzene ring substituents is 1. The summed E-state index contributed by atoms with van der Waals surface area (Å²) in [6, 6.07) is 10.1. The number of nitro groups is 1. The highest BCUT2D eigenvalue weighted by atomic mass is 35.5. The van der Waals surface area contributed by atoms with Crippen LogP contribution in [0.25, 0.3) is 11.0 Å². The van der Waals surface area contributed by atoms with E-state index in [9.17, 15) is 19.7 Å². The van der Waals surface area contributed by atoms with Crippen LogP contribution in [-0.4, -0.2) is 16.7 Å². The van der Waals surface area contributed by atoms with Gasteiger partial charge in [0.1, 0.15) is 0 Å². The summed E-state index contributed by atoms with van der Waals surface area (Å²) in [4.78, 5) is 34.3. The first-order valence-electron chi connectivity index (χ1n) is 7.41. The minimum Gasteiger partial charge on any atom is -0.449 e. The molecule has 0 bridgehead atoms. The first-order chi connectivity index (χ1) is 12.4. The normalized spacial score (nSPS) is 10.5. The van der Waals surface area contributed by atoms with E-state index in [4.69, 9.17) is 16.0 Å². The van der Waals surface area contributed by atoms with Gasteiger partial charge in [0.2, 0.25) is 0 Å². The van der Waals surface area contributed by atoms with Gasteiger partial charge in [-0.05, 0) is 25.1 Å². The highest BCUT2D eigenvalue weighted by Crippen LogP contribution is 2.30. The Labute approximate surface area is 151 Å². The van der Waals surface area contributed by atoms with Crippen molar-refractivity contribution in [3.63, 3.8) is 0 Å². The van der Waals surface area contributed by atoms with Crippen molar-refractivity contribution in [2.24, 2.45) is 0 Å². The highest BCUT2D eigenvalue weighted by molar-refractivity contribution is 6.35. The fourth-order valence-corrected chi connectivity index (χ4v) is 2.62. The van der Waals surface area contributed by atoms with Gasteiger partial charge in [-0.1, -0.05) is 23.7 Å². The molecule has 0 unspecified atom stereocenters. The lowest BCUT2D eigenvalue weighted by atomic mass is 10.1. The number of hydrogen-bond donors (Lipinski definition) is 2. The van der Waals surface area contributed by atoms with Crippen molar-refractivity contribution in [1.82, 2.24) is 10.9 Å². The molecule has 9 heteroatoms. The molecule has 0 atom stereocenters. The number of nitro benzene ring substituents is 1. The Morgan fingerprint density at radius 2 is 1.73 bits per heavy atom. The zero-order valence-electron chi connectivity index (χ0n) is 13.4. The average molecular weight is 374 g/mol. The smallest absolute Gasteiger partial charge is 0.305 e. The number of furan rings is 1. The van der Waals surface area contributed by atoms with Crippen LogP contribution in [0.3, 0.4) is 0 Å². The quantitative estimate of drug-likeness (QED) is 0.539.